The van der Waals surface area contributed by atoms with Gasteiger partial charge in [-0.1, -0.05) is 60.7 Å². The molecule has 0 saturated carbocycles. The maximum atomic E-state index is 14.2. The van der Waals surface area contributed by atoms with Crippen LogP contribution in [0, 0.1) is 5.82 Å². The molecule has 1 saturated heterocycles. The van der Waals surface area contributed by atoms with Crippen molar-refractivity contribution >= 4 is 17.5 Å². The number of aliphatic hydroxyl groups excluding tert-OH is 1. The van der Waals surface area contributed by atoms with E-state index in [1.54, 1.807) is 42.5 Å². The molecule has 2 N–H and O–H groups in total. The first-order valence-corrected chi connectivity index (χ1v) is 11.2. The molecular weight excluding hydrogens is 435 g/mol. The van der Waals surface area contributed by atoms with Crippen molar-refractivity contribution in [2.75, 3.05) is 18.5 Å². The van der Waals surface area contributed by atoms with Crippen LogP contribution in [0.5, 0.6) is 0 Å². The highest BCUT2D eigenvalue weighted by atomic mass is 19.1. The summed E-state index contributed by atoms with van der Waals surface area (Å²) in [7, 11) is 0. The lowest BCUT2D eigenvalue weighted by Gasteiger charge is -2.38. The Kier molecular flexibility index (Phi) is 7.67. The summed E-state index contributed by atoms with van der Waals surface area (Å²) >= 11 is 0. The fourth-order valence-corrected chi connectivity index (χ4v) is 4.01. The van der Waals surface area contributed by atoms with E-state index in [4.69, 9.17) is 4.74 Å². The van der Waals surface area contributed by atoms with Crippen molar-refractivity contribution < 1.29 is 23.8 Å². The Morgan fingerprint density at radius 3 is 2.50 bits per heavy atom. The van der Waals surface area contributed by atoms with Crippen molar-refractivity contribution in [3.8, 4) is 0 Å². The summed E-state index contributed by atoms with van der Waals surface area (Å²) in [5.74, 6) is -0.803. The number of nitrogens with one attached hydrogen (secondary N) is 1. The van der Waals surface area contributed by atoms with Crippen LogP contribution in [-0.2, 0) is 27.3 Å². The number of anilines is 1. The van der Waals surface area contributed by atoms with Gasteiger partial charge in [-0.2, -0.15) is 0 Å². The molecule has 0 bridgehead atoms. The third-order valence-corrected chi connectivity index (χ3v) is 5.92. The average Bonchev–Trinajstić information content (AvgIpc) is 2.86. The molecule has 176 valence electrons. The van der Waals surface area contributed by atoms with Crippen LogP contribution in [0.1, 0.15) is 29.2 Å². The summed E-state index contributed by atoms with van der Waals surface area (Å²) < 4.78 is 19.5. The van der Waals surface area contributed by atoms with Crippen LogP contribution >= 0.6 is 0 Å². The minimum atomic E-state index is -1.03. The van der Waals surface area contributed by atoms with Crippen LogP contribution in [0.2, 0.25) is 0 Å². The molecular formula is C27H27FN2O4. The van der Waals surface area contributed by atoms with E-state index in [1.165, 1.54) is 11.0 Å². The largest absolute Gasteiger partial charge is 0.386 e. The molecule has 6 nitrogen and oxygen atoms in total. The molecule has 0 spiro atoms. The van der Waals surface area contributed by atoms with Gasteiger partial charge in [0, 0.05) is 24.2 Å². The normalized spacial score (nSPS) is 16.8. The molecule has 0 radical (unpaired) electrons. The van der Waals surface area contributed by atoms with Gasteiger partial charge in [0.15, 0.2) is 0 Å². The first-order chi connectivity index (χ1) is 16.5. The standard InChI is InChI=1S/C27H27FN2O4/c28-23-9-5-4-8-21(23)16-30-24(17-34-18-26(30)32)27(33)20-11-13-22(14-12-20)29-25(31)15-10-19-6-2-1-3-7-19/h1-9,11-14,24,27,33H,10,15-18H2,(H,29,31). The minimum absolute atomic E-state index is 0.0478. The lowest BCUT2D eigenvalue weighted by molar-refractivity contribution is -0.155. The molecule has 0 aromatic heterocycles. The number of aliphatic hydroxyl groups is 1. The number of nitrogens with zero attached hydrogens (tertiary/aromatic N) is 1. The molecule has 1 aliphatic heterocycles. The Morgan fingerprint density at radius 2 is 1.76 bits per heavy atom. The molecule has 2 amide bonds. The molecule has 7 heteroatoms. The highest BCUT2D eigenvalue weighted by molar-refractivity contribution is 5.90. The summed E-state index contributed by atoms with van der Waals surface area (Å²) in [5, 5.41) is 13.9. The van der Waals surface area contributed by atoms with Crippen molar-refractivity contribution in [2.45, 2.75) is 31.5 Å². The first-order valence-electron chi connectivity index (χ1n) is 11.2. The Labute approximate surface area is 198 Å². The van der Waals surface area contributed by atoms with Crippen LogP contribution in [0.15, 0.2) is 78.9 Å². The van der Waals surface area contributed by atoms with Gasteiger partial charge in [-0.25, -0.2) is 4.39 Å². The second-order valence-electron chi connectivity index (χ2n) is 8.30. The zero-order chi connectivity index (χ0) is 23.9. The van der Waals surface area contributed by atoms with Gasteiger partial charge in [-0.05, 0) is 35.7 Å². The fourth-order valence-electron chi connectivity index (χ4n) is 4.01. The maximum Gasteiger partial charge on any atom is 0.249 e. The number of hydrogen-bond acceptors (Lipinski definition) is 4. The predicted octanol–water partition coefficient (Wildman–Crippen LogP) is 3.86. The number of rotatable bonds is 8. The summed E-state index contributed by atoms with van der Waals surface area (Å²) in [6.45, 7) is 0.0805. The number of morpholine rings is 1. The van der Waals surface area contributed by atoms with Gasteiger partial charge in [0.1, 0.15) is 18.5 Å². The second kappa shape index (κ2) is 11.0. The second-order valence-corrected chi connectivity index (χ2v) is 8.30. The summed E-state index contributed by atoms with van der Waals surface area (Å²) in [4.78, 5) is 26.3. The lowest BCUT2D eigenvalue weighted by Crippen LogP contribution is -2.51. The summed E-state index contributed by atoms with van der Waals surface area (Å²) in [6, 6.07) is 22.2. The highest BCUT2D eigenvalue weighted by Crippen LogP contribution is 2.27. The molecule has 2 atom stereocenters. The first kappa shape index (κ1) is 23.6. The van der Waals surface area contributed by atoms with Gasteiger partial charge in [-0.15, -0.1) is 0 Å². The SMILES string of the molecule is O=C(CCc1ccccc1)Nc1ccc(C(O)C2COCC(=O)N2Cc2ccccc2F)cc1. The maximum absolute atomic E-state index is 14.2. The summed E-state index contributed by atoms with van der Waals surface area (Å²) in [5.41, 5.74) is 2.67. The van der Waals surface area contributed by atoms with E-state index in [0.29, 0.717) is 29.7 Å². The van der Waals surface area contributed by atoms with Crippen molar-refractivity contribution in [1.82, 2.24) is 4.90 Å². The van der Waals surface area contributed by atoms with Crippen LogP contribution < -0.4 is 5.32 Å². The van der Waals surface area contributed by atoms with Crippen LogP contribution in [-0.4, -0.2) is 41.1 Å². The zero-order valence-electron chi connectivity index (χ0n) is 18.7. The average molecular weight is 463 g/mol. The van der Waals surface area contributed by atoms with Gasteiger partial charge in [-0.3, -0.25) is 9.59 Å². The smallest absolute Gasteiger partial charge is 0.249 e. The Hall–Kier alpha value is -3.55. The number of carbonyl (C=O) groups is 2. The van der Waals surface area contributed by atoms with E-state index in [0.717, 1.165) is 5.56 Å². The van der Waals surface area contributed by atoms with Crippen LogP contribution in [0.3, 0.4) is 0 Å². The lowest BCUT2D eigenvalue weighted by atomic mass is 9.99. The van der Waals surface area contributed by atoms with Gasteiger partial charge in [0.2, 0.25) is 11.8 Å². The molecule has 4 rings (SSSR count). The van der Waals surface area contributed by atoms with E-state index in [1.807, 2.05) is 30.3 Å². The molecule has 3 aromatic carbocycles. The number of halogens is 1. The number of aryl methyl sites for hydroxylation is 1. The molecule has 1 heterocycles. The van der Waals surface area contributed by atoms with Gasteiger partial charge in [0.25, 0.3) is 0 Å². The monoisotopic (exact) mass is 462 g/mol. The quantitative estimate of drug-likeness (QED) is 0.533. The highest BCUT2D eigenvalue weighted by Gasteiger charge is 2.35. The van der Waals surface area contributed by atoms with E-state index in [-0.39, 0.29) is 31.6 Å². The third-order valence-electron chi connectivity index (χ3n) is 5.92. The van der Waals surface area contributed by atoms with Crippen molar-refractivity contribution in [3.05, 3.63) is 101 Å². The van der Waals surface area contributed by atoms with Gasteiger partial charge in [0.05, 0.1) is 12.6 Å². The van der Waals surface area contributed by atoms with Crippen LogP contribution in [0.25, 0.3) is 0 Å². The Balaban J connectivity index is 1.39. The van der Waals surface area contributed by atoms with Crippen molar-refractivity contribution in [3.63, 3.8) is 0 Å². The third kappa shape index (κ3) is 5.87. The van der Waals surface area contributed by atoms with E-state index in [2.05, 4.69) is 5.32 Å². The number of benzene rings is 3. The van der Waals surface area contributed by atoms with E-state index in [9.17, 15) is 19.1 Å². The minimum Gasteiger partial charge on any atom is -0.386 e. The number of ether oxygens (including phenoxy) is 1. The number of hydrogen-bond donors (Lipinski definition) is 2. The van der Waals surface area contributed by atoms with Crippen LogP contribution in [0.4, 0.5) is 10.1 Å². The summed E-state index contributed by atoms with van der Waals surface area (Å²) in [6.07, 6.45) is -0.0170. The number of carbonyl (C=O) groups excluding carboxylic acids is 2. The molecule has 1 aliphatic rings. The fraction of sp³-hybridized carbons (Fsp3) is 0.259. The molecule has 0 aliphatic carbocycles. The Bertz CT molecular complexity index is 1120. The Morgan fingerprint density at radius 1 is 1.06 bits per heavy atom. The van der Waals surface area contributed by atoms with Gasteiger partial charge < -0.3 is 20.1 Å². The topological polar surface area (TPSA) is 78.9 Å². The molecule has 3 aromatic rings. The van der Waals surface area contributed by atoms with Crippen molar-refractivity contribution in [2.24, 2.45) is 0 Å². The molecule has 1 fully saturated rings. The van der Waals surface area contributed by atoms with Crippen molar-refractivity contribution in [1.29, 1.82) is 0 Å². The number of amides is 2. The van der Waals surface area contributed by atoms with Gasteiger partial charge >= 0.3 is 0 Å². The molecule has 34 heavy (non-hydrogen) atoms. The zero-order valence-corrected chi connectivity index (χ0v) is 18.7. The van der Waals surface area contributed by atoms with E-state index < -0.39 is 18.0 Å². The molecule has 2 unspecified atom stereocenters. The predicted molar refractivity (Wildman–Crippen MR) is 126 cm³/mol. The van der Waals surface area contributed by atoms with E-state index >= 15 is 0 Å².